The van der Waals surface area contributed by atoms with Crippen LogP contribution in [0.5, 0.6) is 0 Å². The third-order valence-electron chi connectivity index (χ3n) is 4.53. The van der Waals surface area contributed by atoms with Crippen molar-refractivity contribution < 1.29 is 4.39 Å². The van der Waals surface area contributed by atoms with E-state index in [1.54, 1.807) is 6.07 Å². The van der Waals surface area contributed by atoms with Crippen LogP contribution in [0.25, 0.3) is 0 Å². The van der Waals surface area contributed by atoms with Gasteiger partial charge in [0.25, 0.3) is 0 Å². The molecule has 1 fully saturated rings. The molecule has 2 nitrogen and oxygen atoms in total. The Morgan fingerprint density at radius 1 is 1.33 bits per heavy atom. The van der Waals surface area contributed by atoms with Crippen molar-refractivity contribution in [1.29, 1.82) is 0 Å². The van der Waals surface area contributed by atoms with Gasteiger partial charge in [0, 0.05) is 18.6 Å². The van der Waals surface area contributed by atoms with Crippen molar-refractivity contribution in [2.24, 2.45) is 0 Å². The van der Waals surface area contributed by atoms with E-state index in [4.69, 9.17) is 0 Å². The maximum Gasteiger partial charge on any atom is 0.146 e. The molecule has 0 saturated carbocycles. The van der Waals surface area contributed by atoms with E-state index in [1.807, 2.05) is 6.07 Å². The number of piperidine rings is 1. The second-order valence-electron chi connectivity index (χ2n) is 6.09. The van der Waals surface area contributed by atoms with Crippen LogP contribution >= 0.6 is 0 Å². The summed E-state index contributed by atoms with van der Waals surface area (Å²) in [5.74, 6) is -0.0692. The Balaban J connectivity index is 2.35. The minimum absolute atomic E-state index is 0.0692. The number of para-hydroxylation sites is 1. The summed E-state index contributed by atoms with van der Waals surface area (Å²) >= 11 is 0. The Kier molecular flexibility index (Phi) is 6.04. The van der Waals surface area contributed by atoms with Gasteiger partial charge in [-0.1, -0.05) is 32.4 Å². The number of nitrogens with zero attached hydrogens (tertiary/aromatic N) is 1. The number of nitrogens with one attached hydrogen (secondary N) is 1. The average Bonchev–Trinajstić information content (AvgIpc) is 2.48. The first-order chi connectivity index (χ1) is 10.2. The largest absolute Gasteiger partial charge is 0.366 e. The summed E-state index contributed by atoms with van der Waals surface area (Å²) in [7, 11) is 0. The quantitative estimate of drug-likeness (QED) is 0.820. The minimum Gasteiger partial charge on any atom is -0.366 e. The number of benzene rings is 1. The predicted molar refractivity (Wildman–Crippen MR) is 88.4 cm³/mol. The van der Waals surface area contributed by atoms with Crippen LogP contribution in [0.3, 0.4) is 0 Å². The standard InChI is InChI=1S/C18H29FN2/c1-4-9-15-10-6-7-13-21(15)18-16(14(3)20-5-2)11-8-12-17(18)19/h8,11-12,14-15,20H,4-7,9-10,13H2,1-3H3. The van der Waals surface area contributed by atoms with Gasteiger partial charge in [-0.2, -0.15) is 0 Å². The summed E-state index contributed by atoms with van der Waals surface area (Å²) in [5, 5.41) is 3.42. The molecule has 2 rings (SSSR count). The predicted octanol–water partition coefficient (Wildman–Crippen LogP) is 4.66. The Morgan fingerprint density at radius 2 is 2.14 bits per heavy atom. The molecule has 1 aromatic carbocycles. The van der Waals surface area contributed by atoms with E-state index in [2.05, 4.69) is 37.1 Å². The van der Waals surface area contributed by atoms with Gasteiger partial charge >= 0.3 is 0 Å². The highest BCUT2D eigenvalue weighted by Gasteiger charge is 2.27. The van der Waals surface area contributed by atoms with Crippen LogP contribution in [0.4, 0.5) is 10.1 Å². The van der Waals surface area contributed by atoms with Gasteiger partial charge in [0.05, 0.1) is 5.69 Å². The highest BCUT2D eigenvalue weighted by molar-refractivity contribution is 5.57. The molecular weight excluding hydrogens is 263 g/mol. The second-order valence-corrected chi connectivity index (χ2v) is 6.09. The van der Waals surface area contributed by atoms with Crippen LogP contribution < -0.4 is 10.2 Å². The summed E-state index contributed by atoms with van der Waals surface area (Å²) in [4.78, 5) is 2.34. The molecule has 0 bridgehead atoms. The van der Waals surface area contributed by atoms with Gasteiger partial charge in [0.1, 0.15) is 5.82 Å². The fourth-order valence-electron chi connectivity index (χ4n) is 3.53. The number of hydrogen-bond donors (Lipinski definition) is 1. The third-order valence-corrected chi connectivity index (χ3v) is 4.53. The van der Waals surface area contributed by atoms with Gasteiger partial charge < -0.3 is 10.2 Å². The lowest BCUT2D eigenvalue weighted by Crippen LogP contribution is -2.41. The highest BCUT2D eigenvalue weighted by atomic mass is 19.1. The molecule has 0 amide bonds. The van der Waals surface area contributed by atoms with Crippen LogP contribution in [0.15, 0.2) is 18.2 Å². The van der Waals surface area contributed by atoms with E-state index in [9.17, 15) is 4.39 Å². The molecule has 1 saturated heterocycles. The number of anilines is 1. The zero-order chi connectivity index (χ0) is 15.2. The lowest BCUT2D eigenvalue weighted by molar-refractivity contribution is 0.426. The molecule has 21 heavy (non-hydrogen) atoms. The maximum atomic E-state index is 14.6. The van der Waals surface area contributed by atoms with Crippen molar-refractivity contribution >= 4 is 5.69 Å². The van der Waals surface area contributed by atoms with Crippen molar-refractivity contribution in [2.75, 3.05) is 18.0 Å². The van der Waals surface area contributed by atoms with Crippen LogP contribution in [0.2, 0.25) is 0 Å². The van der Waals surface area contributed by atoms with Gasteiger partial charge in [-0.05, 0) is 50.8 Å². The molecule has 0 aromatic heterocycles. The van der Waals surface area contributed by atoms with Gasteiger partial charge in [0.15, 0.2) is 0 Å². The summed E-state index contributed by atoms with van der Waals surface area (Å²) in [6.45, 7) is 8.32. The Hall–Kier alpha value is -1.09. The van der Waals surface area contributed by atoms with Gasteiger partial charge in [-0.25, -0.2) is 4.39 Å². The molecule has 1 N–H and O–H groups in total. The molecule has 1 aliphatic heterocycles. The lowest BCUT2D eigenvalue weighted by atomic mass is 9.95. The van der Waals surface area contributed by atoms with Crippen LogP contribution in [0.1, 0.15) is 64.5 Å². The molecule has 0 radical (unpaired) electrons. The number of halogens is 1. The molecule has 3 heteroatoms. The fraction of sp³-hybridized carbons (Fsp3) is 0.667. The smallest absolute Gasteiger partial charge is 0.146 e. The Bertz CT molecular complexity index is 445. The van der Waals surface area contributed by atoms with Crippen LogP contribution in [-0.4, -0.2) is 19.1 Å². The van der Waals surface area contributed by atoms with Crippen molar-refractivity contribution in [3.05, 3.63) is 29.6 Å². The molecular formula is C18H29FN2. The second kappa shape index (κ2) is 7.79. The van der Waals surface area contributed by atoms with E-state index in [-0.39, 0.29) is 11.9 Å². The minimum atomic E-state index is -0.0692. The van der Waals surface area contributed by atoms with E-state index in [1.165, 1.54) is 19.3 Å². The molecule has 118 valence electrons. The number of hydrogen-bond acceptors (Lipinski definition) is 2. The molecule has 2 unspecified atom stereocenters. The zero-order valence-electron chi connectivity index (χ0n) is 13.7. The van der Waals surface area contributed by atoms with E-state index in [0.29, 0.717) is 6.04 Å². The molecule has 1 aromatic rings. The summed E-state index contributed by atoms with van der Waals surface area (Å²) < 4.78 is 14.6. The fourth-order valence-corrected chi connectivity index (χ4v) is 3.53. The monoisotopic (exact) mass is 292 g/mol. The SMILES string of the molecule is CCCC1CCCCN1c1c(F)cccc1C(C)NCC. The van der Waals surface area contributed by atoms with Crippen LogP contribution in [0, 0.1) is 5.82 Å². The van der Waals surface area contributed by atoms with Gasteiger partial charge in [-0.15, -0.1) is 0 Å². The molecule has 0 spiro atoms. The van der Waals surface area contributed by atoms with Crippen molar-refractivity contribution in [1.82, 2.24) is 5.32 Å². The first-order valence-electron chi connectivity index (χ1n) is 8.47. The maximum absolute atomic E-state index is 14.6. The Morgan fingerprint density at radius 3 is 2.86 bits per heavy atom. The van der Waals surface area contributed by atoms with Crippen molar-refractivity contribution in [3.8, 4) is 0 Å². The normalized spacial score (nSPS) is 20.6. The molecule has 0 aliphatic carbocycles. The third kappa shape index (κ3) is 3.76. The van der Waals surface area contributed by atoms with Gasteiger partial charge in [0.2, 0.25) is 0 Å². The first kappa shape index (κ1) is 16.3. The van der Waals surface area contributed by atoms with Crippen molar-refractivity contribution in [2.45, 2.75) is 65.0 Å². The zero-order valence-corrected chi connectivity index (χ0v) is 13.7. The van der Waals surface area contributed by atoms with E-state index in [0.717, 1.165) is 37.2 Å². The topological polar surface area (TPSA) is 15.3 Å². The summed E-state index contributed by atoms with van der Waals surface area (Å²) in [6.07, 6.45) is 5.95. The van der Waals surface area contributed by atoms with E-state index >= 15 is 0 Å². The first-order valence-corrected chi connectivity index (χ1v) is 8.47. The number of rotatable bonds is 6. The van der Waals surface area contributed by atoms with Crippen molar-refractivity contribution in [3.63, 3.8) is 0 Å². The summed E-state index contributed by atoms with van der Waals surface area (Å²) in [6, 6.07) is 6.19. The van der Waals surface area contributed by atoms with Gasteiger partial charge in [-0.3, -0.25) is 0 Å². The molecule has 1 heterocycles. The average molecular weight is 292 g/mol. The molecule has 1 aliphatic rings. The van der Waals surface area contributed by atoms with Crippen LogP contribution in [-0.2, 0) is 0 Å². The highest BCUT2D eigenvalue weighted by Crippen LogP contribution is 2.35. The Labute approximate surface area is 128 Å². The summed E-state index contributed by atoms with van der Waals surface area (Å²) in [5.41, 5.74) is 1.93. The lowest BCUT2D eigenvalue weighted by Gasteiger charge is -2.39. The molecule has 2 atom stereocenters. The van der Waals surface area contributed by atoms with E-state index < -0.39 is 0 Å².